The van der Waals surface area contributed by atoms with Crippen molar-refractivity contribution in [1.82, 2.24) is 10.2 Å². The number of aromatic nitrogens is 2. The van der Waals surface area contributed by atoms with E-state index in [4.69, 9.17) is 9.47 Å². The number of sulfonamides is 1. The van der Waals surface area contributed by atoms with Crippen molar-refractivity contribution in [3.8, 4) is 11.5 Å². The van der Waals surface area contributed by atoms with Crippen LogP contribution in [-0.2, 0) is 14.8 Å². The monoisotopic (exact) mass is 458 g/mol. The zero-order valence-corrected chi connectivity index (χ0v) is 18.7. The smallest absolute Gasteiger partial charge is 0.246 e. The van der Waals surface area contributed by atoms with Crippen molar-refractivity contribution >= 4 is 49.8 Å². The van der Waals surface area contributed by atoms with Crippen molar-refractivity contribution in [2.24, 2.45) is 5.92 Å². The number of fused-ring (bicyclic) bond motifs is 1. The number of thioether (sulfide) groups is 1. The normalized spacial score (nSPS) is 13.4. The minimum absolute atomic E-state index is 0.317. The lowest BCUT2D eigenvalue weighted by Crippen LogP contribution is -2.37. The molecule has 0 radical (unpaired) electrons. The van der Waals surface area contributed by atoms with Crippen molar-refractivity contribution in [2.45, 2.75) is 18.2 Å². The Bertz CT molecular complexity index is 977. The molecule has 1 aliphatic heterocycles. The van der Waals surface area contributed by atoms with E-state index < -0.39 is 22.5 Å². The highest BCUT2D eigenvalue weighted by atomic mass is 32.2. The fourth-order valence-corrected chi connectivity index (χ4v) is 5.03. The van der Waals surface area contributed by atoms with Gasteiger partial charge in [0.2, 0.25) is 21.1 Å². The highest BCUT2D eigenvalue weighted by Crippen LogP contribution is 2.34. The number of hydrogen-bond donors (Lipinski definition) is 1. The van der Waals surface area contributed by atoms with Gasteiger partial charge in [0.15, 0.2) is 15.8 Å². The van der Waals surface area contributed by atoms with Gasteiger partial charge in [-0.2, -0.15) is 0 Å². The predicted molar refractivity (Wildman–Crippen MR) is 114 cm³/mol. The van der Waals surface area contributed by atoms with E-state index in [0.717, 1.165) is 20.7 Å². The highest BCUT2D eigenvalue weighted by Gasteiger charge is 2.24. The maximum absolute atomic E-state index is 12.5. The highest BCUT2D eigenvalue weighted by molar-refractivity contribution is 8.01. The summed E-state index contributed by atoms with van der Waals surface area (Å²) in [4.78, 5) is 12.5. The molecule has 0 aliphatic carbocycles. The average molecular weight is 459 g/mol. The quantitative estimate of drug-likeness (QED) is 0.474. The molecule has 0 atom stereocenters. The number of anilines is 2. The molecule has 158 valence electrons. The molecule has 3 rings (SSSR count). The third kappa shape index (κ3) is 5.97. The minimum atomic E-state index is -3.71. The number of ether oxygens (including phenoxy) is 2. The number of nitrogens with zero attached hydrogens (tertiary/aromatic N) is 3. The zero-order valence-electron chi connectivity index (χ0n) is 16.2. The van der Waals surface area contributed by atoms with Crippen molar-refractivity contribution in [3.63, 3.8) is 0 Å². The molecule has 1 N–H and O–H groups in total. The number of rotatable bonds is 8. The lowest BCUT2D eigenvalue weighted by Gasteiger charge is -2.24. The summed E-state index contributed by atoms with van der Waals surface area (Å²) in [5.74, 6) is 1.88. The molecular formula is C17H22N4O5S3. The summed E-state index contributed by atoms with van der Waals surface area (Å²) < 4.78 is 37.3. The topological polar surface area (TPSA) is 111 Å². The number of carbonyl (C=O) groups is 1. The van der Waals surface area contributed by atoms with Crippen molar-refractivity contribution < 1.29 is 22.7 Å². The number of hydrogen-bond acceptors (Lipinski definition) is 9. The molecule has 1 aromatic heterocycles. The molecule has 0 spiro atoms. The van der Waals surface area contributed by atoms with Crippen LogP contribution in [0.3, 0.4) is 0 Å². The van der Waals surface area contributed by atoms with Crippen LogP contribution in [0.25, 0.3) is 0 Å². The molecule has 0 fully saturated rings. The maximum atomic E-state index is 12.5. The molecule has 2 heterocycles. The van der Waals surface area contributed by atoms with Crippen LogP contribution in [0.15, 0.2) is 22.5 Å². The van der Waals surface area contributed by atoms with E-state index in [1.807, 2.05) is 0 Å². The molecule has 2 aromatic rings. The fourth-order valence-electron chi connectivity index (χ4n) is 2.43. The molecule has 1 amide bonds. The molecule has 0 bridgehead atoms. The van der Waals surface area contributed by atoms with Gasteiger partial charge in [0, 0.05) is 11.8 Å². The first-order chi connectivity index (χ1) is 13.7. The van der Waals surface area contributed by atoms with Gasteiger partial charge in [0.25, 0.3) is 0 Å². The van der Waals surface area contributed by atoms with Gasteiger partial charge in [-0.1, -0.05) is 36.9 Å². The third-order valence-electron chi connectivity index (χ3n) is 3.69. The average Bonchev–Trinajstić information content (AvgIpc) is 3.10. The Balaban J connectivity index is 1.70. The van der Waals surface area contributed by atoms with Gasteiger partial charge in [0.05, 0.1) is 11.9 Å². The van der Waals surface area contributed by atoms with Crippen molar-refractivity contribution in [3.05, 3.63) is 18.2 Å². The summed E-state index contributed by atoms with van der Waals surface area (Å²) in [5, 5.41) is 10.9. The van der Waals surface area contributed by atoms with Gasteiger partial charge in [0.1, 0.15) is 19.8 Å². The van der Waals surface area contributed by atoms with Gasteiger partial charge in [-0.3, -0.25) is 14.4 Å². The summed E-state index contributed by atoms with van der Waals surface area (Å²) in [5.41, 5.74) is 0.317. The molecule has 12 heteroatoms. The third-order valence-corrected chi connectivity index (χ3v) is 7.23. The Kier molecular flexibility index (Phi) is 6.85. The van der Waals surface area contributed by atoms with Crippen molar-refractivity contribution in [2.75, 3.05) is 41.4 Å². The van der Waals surface area contributed by atoms with Crippen LogP contribution in [0.4, 0.5) is 10.8 Å². The Morgan fingerprint density at radius 3 is 2.69 bits per heavy atom. The van der Waals surface area contributed by atoms with Crippen LogP contribution < -0.4 is 19.1 Å². The summed E-state index contributed by atoms with van der Waals surface area (Å²) in [6.45, 7) is 4.63. The second kappa shape index (κ2) is 9.18. The van der Waals surface area contributed by atoms with Crippen LogP contribution in [0.1, 0.15) is 13.8 Å². The fraction of sp³-hybridized carbons (Fsp3) is 0.471. The van der Waals surface area contributed by atoms with Crippen LogP contribution >= 0.6 is 23.1 Å². The second-order valence-electron chi connectivity index (χ2n) is 6.72. The lowest BCUT2D eigenvalue weighted by molar-refractivity contribution is -0.114. The number of amides is 1. The molecule has 0 saturated carbocycles. The lowest BCUT2D eigenvalue weighted by atomic mass is 10.2. The van der Waals surface area contributed by atoms with E-state index in [1.165, 1.54) is 11.3 Å². The molecule has 9 nitrogen and oxygen atoms in total. The maximum Gasteiger partial charge on any atom is 0.246 e. The summed E-state index contributed by atoms with van der Waals surface area (Å²) in [7, 11) is -3.71. The first kappa shape index (κ1) is 21.7. The Hall–Kier alpha value is -2.05. The SMILES string of the molecule is CC(C)CSc1nnc(NC(=O)CN(c2ccc3c(c2)OCCO3)S(C)(=O)=O)s1. The number of carbonyl (C=O) groups excluding carboxylic acids is 1. The minimum Gasteiger partial charge on any atom is -0.486 e. The van der Waals surface area contributed by atoms with Gasteiger partial charge < -0.3 is 9.47 Å². The Morgan fingerprint density at radius 2 is 2.00 bits per heavy atom. The first-order valence-electron chi connectivity index (χ1n) is 8.86. The van der Waals surface area contributed by atoms with Gasteiger partial charge >= 0.3 is 0 Å². The molecule has 1 aromatic carbocycles. The molecule has 0 saturated heterocycles. The largest absolute Gasteiger partial charge is 0.486 e. The van der Waals surface area contributed by atoms with E-state index in [-0.39, 0.29) is 0 Å². The number of nitrogens with one attached hydrogen (secondary N) is 1. The van der Waals surface area contributed by atoms with Gasteiger partial charge in [-0.15, -0.1) is 10.2 Å². The van der Waals surface area contributed by atoms with Crippen LogP contribution in [0.5, 0.6) is 11.5 Å². The van der Waals surface area contributed by atoms with E-state index in [0.29, 0.717) is 41.4 Å². The summed E-state index contributed by atoms with van der Waals surface area (Å²) >= 11 is 2.82. The van der Waals surface area contributed by atoms with E-state index in [2.05, 4.69) is 29.4 Å². The molecular weight excluding hydrogens is 436 g/mol. The standard InChI is InChI=1S/C17H22N4O5S3/c1-11(2)10-27-17-20-19-16(28-17)18-15(22)9-21(29(3,23)24)12-4-5-13-14(8-12)26-7-6-25-13/h4-5,8,11H,6-7,9-10H2,1-3H3,(H,18,19,22). The second-order valence-corrected chi connectivity index (χ2v) is 10.9. The molecule has 1 aliphatic rings. The van der Waals surface area contributed by atoms with Crippen molar-refractivity contribution in [1.29, 1.82) is 0 Å². The van der Waals surface area contributed by atoms with Crippen LogP contribution in [0, 0.1) is 5.92 Å². The van der Waals surface area contributed by atoms with E-state index in [9.17, 15) is 13.2 Å². The van der Waals surface area contributed by atoms with E-state index >= 15 is 0 Å². The number of benzene rings is 1. The molecule has 0 unspecified atom stereocenters. The Morgan fingerprint density at radius 1 is 1.28 bits per heavy atom. The van der Waals surface area contributed by atoms with Crippen LogP contribution in [0.2, 0.25) is 0 Å². The van der Waals surface area contributed by atoms with Gasteiger partial charge in [-0.05, 0) is 18.1 Å². The molecule has 29 heavy (non-hydrogen) atoms. The summed E-state index contributed by atoms with van der Waals surface area (Å²) in [6.07, 6.45) is 1.04. The zero-order chi connectivity index (χ0) is 21.0. The Labute approximate surface area is 177 Å². The summed E-state index contributed by atoms with van der Waals surface area (Å²) in [6, 6.07) is 4.75. The van der Waals surface area contributed by atoms with Gasteiger partial charge in [-0.25, -0.2) is 8.42 Å². The first-order valence-corrected chi connectivity index (χ1v) is 12.5. The van der Waals surface area contributed by atoms with Crippen LogP contribution in [-0.4, -0.2) is 56.3 Å². The predicted octanol–water partition coefficient (Wildman–Crippen LogP) is 2.46. The van der Waals surface area contributed by atoms with E-state index in [1.54, 1.807) is 30.0 Å².